The monoisotopic (exact) mass is 649 g/mol. The Balaban J connectivity index is 1.48. The number of rotatable bonds is 13. The van der Waals surface area contributed by atoms with Gasteiger partial charge in [-0.1, -0.05) is 35.9 Å². The molecule has 244 valence electrons. The summed E-state index contributed by atoms with van der Waals surface area (Å²) < 4.78 is 45.6. The van der Waals surface area contributed by atoms with Crippen molar-refractivity contribution >= 4 is 23.4 Å². The van der Waals surface area contributed by atoms with Crippen LogP contribution in [0.4, 0.5) is 13.2 Å². The average molecular weight is 650 g/mol. The first-order valence-electron chi connectivity index (χ1n) is 14.9. The number of likely N-dealkylation sites (tertiary alicyclic amines) is 1. The number of carbonyl (C=O) groups excluding carboxylic acids is 2. The molecule has 2 heterocycles. The molecule has 4 rings (SSSR count). The number of alkyl halides is 3. The number of hydrogen-bond acceptors (Lipinski definition) is 6. The maximum atomic E-state index is 13.2. The molecule has 0 spiro atoms. The molecule has 0 radical (unpaired) electrons. The second-order valence-corrected chi connectivity index (χ2v) is 12.2. The molecule has 2 aromatic carbocycles. The van der Waals surface area contributed by atoms with E-state index in [9.17, 15) is 27.9 Å². The Morgan fingerprint density at radius 3 is 2.36 bits per heavy atom. The Bertz CT molecular complexity index is 1480. The Kier molecular flexibility index (Phi) is 10.8. The van der Waals surface area contributed by atoms with Crippen LogP contribution in [0, 0.1) is 0 Å². The molecule has 3 aromatic rings. The molecule has 3 N–H and O–H groups in total. The van der Waals surface area contributed by atoms with Gasteiger partial charge in [0.15, 0.2) is 6.10 Å². The number of nitrogens with zero attached hydrogens (tertiary/aromatic N) is 3. The quantitative estimate of drug-likeness (QED) is 0.242. The Morgan fingerprint density at radius 1 is 1.13 bits per heavy atom. The van der Waals surface area contributed by atoms with Crippen molar-refractivity contribution in [2.45, 2.75) is 71.0 Å². The van der Waals surface area contributed by atoms with Crippen LogP contribution in [0.2, 0.25) is 5.02 Å². The second-order valence-electron chi connectivity index (χ2n) is 11.7. The van der Waals surface area contributed by atoms with Crippen LogP contribution in [0.25, 0.3) is 11.3 Å². The van der Waals surface area contributed by atoms with E-state index in [-0.39, 0.29) is 35.3 Å². The molecule has 13 heteroatoms. The number of carbonyl (C=O) groups is 2. The van der Waals surface area contributed by atoms with Gasteiger partial charge in [0, 0.05) is 30.4 Å². The predicted molar refractivity (Wildman–Crippen MR) is 165 cm³/mol. The van der Waals surface area contributed by atoms with E-state index in [2.05, 4.69) is 15.6 Å². The van der Waals surface area contributed by atoms with Gasteiger partial charge in [0.2, 0.25) is 5.91 Å². The fraction of sp³-hybridized carbons (Fsp3) is 0.469. The zero-order chi connectivity index (χ0) is 32.9. The van der Waals surface area contributed by atoms with Crippen LogP contribution in [0.3, 0.4) is 0 Å². The van der Waals surface area contributed by atoms with Crippen molar-refractivity contribution < 1.29 is 32.6 Å². The van der Waals surface area contributed by atoms with E-state index in [0.717, 1.165) is 43.3 Å². The van der Waals surface area contributed by atoms with Gasteiger partial charge >= 0.3 is 6.18 Å². The minimum absolute atomic E-state index is 0.132. The summed E-state index contributed by atoms with van der Waals surface area (Å²) in [4.78, 5) is 32.4. The van der Waals surface area contributed by atoms with E-state index in [1.54, 1.807) is 13.8 Å². The number of nitrogens with one attached hydrogen (secondary N) is 2. The number of ether oxygens (including phenoxy) is 1. The highest BCUT2D eigenvalue weighted by Crippen LogP contribution is 2.31. The molecule has 2 amide bonds. The normalized spacial score (nSPS) is 15.2. The van der Waals surface area contributed by atoms with Gasteiger partial charge in [-0.05, 0) is 77.4 Å². The molecule has 45 heavy (non-hydrogen) atoms. The van der Waals surface area contributed by atoms with E-state index < -0.39 is 29.8 Å². The van der Waals surface area contributed by atoms with Crippen LogP contribution in [0.5, 0.6) is 5.75 Å². The average Bonchev–Trinajstić information content (AvgIpc) is 3.40. The van der Waals surface area contributed by atoms with Gasteiger partial charge in [-0.2, -0.15) is 13.2 Å². The van der Waals surface area contributed by atoms with Crippen molar-refractivity contribution in [3.05, 3.63) is 70.6 Å². The molecule has 9 nitrogen and oxygen atoms in total. The summed E-state index contributed by atoms with van der Waals surface area (Å²) >= 11 is 6.16. The summed E-state index contributed by atoms with van der Waals surface area (Å²) in [6.45, 7) is 9.06. The van der Waals surface area contributed by atoms with E-state index in [4.69, 9.17) is 16.3 Å². The van der Waals surface area contributed by atoms with E-state index in [1.165, 1.54) is 18.2 Å². The van der Waals surface area contributed by atoms with Crippen LogP contribution < -0.4 is 15.4 Å². The maximum Gasteiger partial charge on any atom is 0.425 e. The van der Waals surface area contributed by atoms with Crippen LogP contribution in [-0.2, 0) is 23.4 Å². The molecule has 1 saturated heterocycles. The number of aryl methyl sites for hydroxylation is 1. The first-order chi connectivity index (χ1) is 21.1. The van der Waals surface area contributed by atoms with Crippen molar-refractivity contribution in [1.29, 1.82) is 0 Å². The van der Waals surface area contributed by atoms with Gasteiger partial charge in [-0.25, -0.2) is 4.98 Å². The van der Waals surface area contributed by atoms with Crippen molar-refractivity contribution in [3.63, 3.8) is 0 Å². The molecule has 0 saturated carbocycles. The maximum absolute atomic E-state index is 13.2. The molecule has 1 aliphatic rings. The highest BCUT2D eigenvalue weighted by atomic mass is 35.5. The minimum atomic E-state index is -4.57. The van der Waals surface area contributed by atoms with E-state index >= 15 is 0 Å². The first kappa shape index (κ1) is 34.3. The van der Waals surface area contributed by atoms with Gasteiger partial charge < -0.3 is 25.0 Å². The van der Waals surface area contributed by atoms with Crippen molar-refractivity contribution in [1.82, 2.24) is 25.1 Å². The van der Waals surface area contributed by atoms with E-state index in [0.29, 0.717) is 18.8 Å². The fourth-order valence-corrected chi connectivity index (χ4v) is 5.08. The van der Waals surface area contributed by atoms with Crippen LogP contribution in [-0.4, -0.2) is 75.9 Å². The third-order valence-corrected chi connectivity index (χ3v) is 7.85. The molecular weight excluding hydrogens is 611 g/mol. The lowest BCUT2D eigenvalue weighted by molar-refractivity contribution is -0.189. The molecular formula is C32H39ClF3N5O4. The molecule has 2 atom stereocenters. The summed E-state index contributed by atoms with van der Waals surface area (Å²) in [5.74, 6) is -0.279. The molecule has 1 fully saturated rings. The Labute approximate surface area is 265 Å². The number of amides is 2. The van der Waals surface area contributed by atoms with Gasteiger partial charge in [0.05, 0.1) is 23.3 Å². The smallest absolute Gasteiger partial charge is 0.425 e. The lowest BCUT2D eigenvalue weighted by atomic mass is 10.0. The number of aliphatic hydroxyl groups is 1. The van der Waals surface area contributed by atoms with Crippen LogP contribution in [0.15, 0.2) is 48.7 Å². The van der Waals surface area contributed by atoms with Gasteiger partial charge in [-0.3, -0.25) is 14.5 Å². The number of imidazole rings is 1. The minimum Gasteiger partial charge on any atom is -0.480 e. The highest BCUT2D eigenvalue weighted by molar-refractivity contribution is 6.32. The van der Waals surface area contributed by atoms with Gasteiger partial charge in [0.1, 0.15) is 17.2 Å². The van der Waals surface area contributed by atoms with Gasteiger partial charge in [0.25, 0.3) is 5.91 Å². The van der Waals surface area contributed by atoms with Crippen molar-refractivity contribution in [2.24, 2.45) is 0 Å². The SMILES string of the molecule is CCn1cc(-c2ccc(C[C@@H](CNC(=O)CN3CCC3)NC(=O)c3ccc(O[C@H](C)C(F)(F)F)c(Cl)c3)cc2)nc1C(C)(C)O. The van der Waals surface area contributed by atoms with Crippen LogP contribution >= 0.6 is 11.6 Å². The molecule has 1 aromatic heterocycles. The van der Waals surface area contributed by atoms with Crippen molar-refractivity contribution in [3.8, 4) is 17.0 Å². The zero-order valence-electron chi connectivity index (χ0n) is 25.7. The largest absolute Gasteiger partial charge is 0.480 e. The summed E-state index contributed by atoms with van der Waals surface area (Å²) in [6.07, 6.45) is -3.31. The Hall–Kier alpha value is -3.61. The first-order valence-corrected chi connectivity index (χ1v) is 15.2. The molecule has 0 aliphatic carbocycles. The lowest BCUT2D eigenvalue weighted by Crippen LogP contribution is -2.49. The van der Waals surface area contributed by atoms with Gasteiger partial charge in [-0.15, -0.1) is 0 Å². The summed E-state index contributed by atoms with van der Waals surface area (Å²) in [5.41, 5.74) is 1.50. The third kappa shape index (κ3) is 9.21. The topological polar surface area (TPSA) is 109 Å². The number of aromatic nitrogens is 2. The van der Waals surface area contributed by atoms with Crippen LogP contribution in [0.1, 0.15) is 55.9 Å². The Morgan fingerprint density at radius 2 is 1.82 bits per heavy atom. The second kappa shape index (κ2) is 14.2. The predicted octanol–water partition coefficient (Wildman–Crippen LogP) is 4.94. The standard InChI is InChI=1S/C32H39ClF3N5O4/c1-5-41-18-26(39-30(41)31(3,4)44)22-9-7-21(8-10-22)15-24(17-37-28(42)19-40-13-6-14-40)38-29(43)23-11-12-27(25(33)16-23)45-20(2)32(34,35)36/h7-12,16,18,20,24,44H,5-6,13-15,17,19H2,1-4H3,(H,37,42)(H,38,43)/t20-,24+/m1/s1. The number of benzene rings is 2. The third-order valence-electron chi connectivity index (χ3n) is 7.55. The van der Waals surface area contributed by atoms with E-state index in [1.807, 2.05) is 46.9 Å². The fourth-order valence-electron chi connectivity index (χ4n) is 4.85. The number of hydrogen-bond donors (Lipinski definition) is 3. The van der Waals surface area contributed by atoms with Crippen molar-refractivity contribution in [2.75, 3.05) is 26.2 Å². The summed E-state index contributed by atoms with van der Waals surface area (Å²) in [5, 5.41) is 16.2. The highest BCUT2D eigenvalue weighted by Gasteiger charge is 2.38. The molecule has 1 aliphatic heterocycles. The number of halogens is 4. The molecule has 0 unspecified atom stereocenters. The lowest BCUT2D eigenvalue weighted by Gasteiger charge is -2.30. The molecule has 0 bridgehead atoms. The summed E-state index contributed by atoms with van der Waals surface area (Å²) in [6, 6.07) is 11.0. The zero-order valence-corrected chi connectivity index (χ0v) is 26.5. The summed E-state index contributed by atoms with van der Waals surface area (Å²) in [7, 11) is 0.